The van der Waals surface area contributed by atoms with Crippen LogP contribution in [-0.4, -0.2) is 48.9 Å². The lowest BCUT2D eigenvalue weighted by Crippen LogP contribution is -2.26. The molecule has 3 aromatic rings. The molecule has 1 amide bonds. The van der Waals surface area contributed by atoms with Gasteiger partial charge in [0.1, 0.15) is 5.69 Å². The van der Waals surface area contributed by atoms with E-state index in [0.29, 0.717) is 24.5 Å². The van der Waals surface area contributed by atoms with Crippen molar-refractivity contribution in [3.8, 4) is 11.5 Å². The van der Waals surface area contributed by atoms with Gasteiger partial charge in [0.05, 0.1) is 29.7 Å². The van der Waals surface area contributed by atoms with Crippen LogP contribution in [0.25, 0.3) is 22.6 Å². The Kier molecular flexibility index (Phi) is 3.33. The molecule has 0 unspecified atom stereocenters. The molecule has 1 N–H and O–H groups in total. The number of nitrogens with one attached hydrogen (secondary N) is 1. The largest absolute Gasteiger partial charge is 0.340 e. The zero-order chi connectivity index (χ0) is 15.8. The number of rotatable bonds is 4. The number of likely N-dealkylation sites (tertiary alicyclic amines) is 1. The van der Waals surface area contributed by atoms with Crippen molar-refractivity contribution in [3.63, 3.8) is 0 Å². The maximum Gasteiger partial charge on any atom is 0.224 e. The van der Waals surface area contributed by atoms with E-state index in [2.05, 4.69) is 27.2 Å². The fourth-order valence-electron chi connectivity index (χ4n) is 3.05. The zero-order valence-corrected chi connectivity index (χ0v) is 12.9. The van der Waals surface area contributed by atoms with Crippen LogP contribution in [0, 0.1) is 0 Å². The Hall–Kier alpha value is -2.70. The highest BCUT2D eigenvalue weighted by Crippen LogP contribution is 2.24. The summed E-state index contributed by atoms with van der Waals surface area (Å²) in [4.78, 5) is 21.7. The molecule has 3 heterocycles. The van der Waals surface area contributed by atoms with Gasteiger partial charge in [-0.05, 0) is 18.6 Å². The van der Waals surface area contributed by atoms with Crippen molar-refractivity contribution in [1.29, 1.82) is 0 Å². The van der Waals surface area contributed by atoms with Crippen LogP contribution in [0.3, 0.4) is 0 Å². The molecule has 7 nitrogen and oxygen atoms in total. The Morgan fingerprint density at radius 2 is 2.22 bits per heavy atom. The first-order chi connectivity index (χ1) is 11.2. The van der Waals surface area contributed by atoms with Crippen molar-refractivity contribution in [3.05, 3.63) is 30.5 Å². The number of imidazole rings is 1. The van der Waals surface area contributed by atoms with Gasteiger partial charge < -0.3 is 9.88 Å². The number of aromatic nitrogens is 5. The minimum Gasteiger partial charge on any atom is -0.340 e. The van der Waals surface area contributed by atoms with Crippen LogP contribution in [0.5, 0.6) is 0 Å². The molecule has 0 spiro atoms. The predicted molar refractivity (Wildman–Crippen MR) is 85.6 cm³/mol. The number of aromatic amines is 1. The van der Waals surface area contributed by atoms with E-state index >= 15 is 0 Å². The van der Waals surface area contributed by atoms with E-state index in [1.807, 2.05) is 35.4 Å². The summed E-state index contributed by atoms with van der Waals surface area (Å²) in [5, 5.41) is 8.41. The number of carbonyl (C=O) groups is 1. The number of carbonyl (C=O) groups excluding carboxylic acids is 1. The minimum absolute atomic E-state index is 0.0553. The molecule has 7 heteroatoms. The van der Waals surface area contributed by atoms with Crippen molar-refractivity contribution in [2.24, 2.45) is 0 Å². The second-order valence-corrected chi connectivity index (χ2v) is 5.88. The Balaban J connectivity index is 1.58. The van der Waals surface area contributed by atoms with E-state index < -0.39 is 0 Å². The highest BCUT2D eigenvalue weighted by molar-refractivity contribution is 5.79. The van der Waals surface area contributed by atoms with Crippen LogP contribution in [0.1, 0.15) is 25.8 Å². The molecular formula is C16H18N6O. The smallest absolute Gasteiger partial charge is 0.224 e. The number of H-pyrrole nitrogens is 1. The molecule has 1 fully saturated rings. The quantitative estimate of drug-likeness (QED) is 0.799. The van der Waals surface area contributed by atoms with Crippen LogP contribution in [0.4, 0.5) is 0 Å². The first-order valence-corrected chi connectivity index (χ1v) is 7.89. The molecule has 1 aromatic carbocycles. The third-order valence-electron chi connectivity index (χ3n) is 4.20. The molecule has 0 radical (unpaired) electrons. The molecule has 1 aliphatic rings. The molecule has 23 heavy (non-hydrogen) atoms. The van der Waals surface area contributed by atoms with Crippen LogP contribution >= 0.6 is 0 Å². The molecule has 0 aliphatic carbocycles. The standard InChI is InChI=1S/C16H18N6O/c1-2-7-21-9-11(8-15(21)23)22-10-14(19-20-22)16-17-12-5-3-4-6-13(12)18-16/h3-6,10-11H,2,7-9H2,1H3,(H,17,18)/t11-/m0/s1. The second kappa shape index (κ2) is 5.49. The first-order valence-electron chi connectivity index (χ1n) is 7.89. The SMILES string of the molecule is CCCN1C[C@@H](n2cc(-c3nc4ccccc4[nH]3)nn2)CC1=O. The lowest BCUT2D eigenvalue weighted by atomic mass is 10.2. The number of benzene rings is 1. The van der Waals surface area contributed by atoms with E-state index in [9.17, 15) is 4.79 Å². The fraction of sp³-hybridized carbons (Fsp3) is 0.375. The van der Waals surface area contributed by atoms with Gasteiger partial charge in [-0.3, -0.25) is 4.79 Å². The second-order valence-electron chi connectivity index (χ2n) is 5.88. The number of para-hydroxylation sites is 2. The van der Waals surface area contributed by atoms with Crippen LogP contribution in [0.15, 0.2) is 30.5 Å². The van der Waals surface area contributed by atoms with Gasteiger partial charge >= 0.3 is 0 Å². The summed E-state index contributed by atoms with van der Waals surface area (Å²) in [6, 6.07) is 7.91. The highest BCUT2D eigenvalue weighted by atomic mass is 16.2. The summed E-state index contributed by atoms with van der Waals surface area (Å²) in [5.74, 6) is 0.893. The fourth-order valence-corrected chi connectivity index (χ4v) is 3.05. The lowest BCUT2D eigenvalue weighted by Gasteiger charge is -2.14. The number of hydrogen-bond acceptors (Lipinski definition) is 4. The van der Waals surface area contributed by atoms with Gasteiger partial charge in [-0.1, -0.05) is 24.3 Å². The Morgan fingerprint density at radius 1 is 1.35 bits per heavy atom. The summed E-state index contributed by atoms with van der Waals surface area (Å²) >= 11 is 0. The van der Waals surface area contributed by atoms with Crippen LogP contribution < -0.4 is 0 Å². The Labute approximate surface area is 133 Å². The number of fused-ring (bicyclic) bond motifs is 1. The van der Waals surface area contributed by atoms with Crippen molar-refractivity contribution in [2.75, 3.05) is 13.1 Å². The van der Waals surface area contributed by atoms with Crippen molar-refractivity contribution in [2.45, 2.75) is 25.8 Å². The molecule has 2 aromatic heterocycles. The normalized spacial score (nSPS) is 18.2. The van der Waals surface area contributed by atoms with Crippen LogP contribution in [0.2, 0.25) is 0 Å². The topological polar surface area (TPSA) is 79.7 Å². The summed E-state index contributed by atoms with van der Waals surface area (Å²) < 4.78 is 1.79. The van der Waals surface area contributed by atoms with E-state index in [-0.39, 0.29) is 11.9 Å². The maximum atomic E-state index is 12.0. The summed E-state index contributed by atoms with van der Waals surface area (Å²) in [5.41, 5.74) is 2.58. The lowest BCUT2D eigenvalue weighted by molar-refractivity contribution is -0.127. The highest BCUT2D eigenvalue weighted by Gasteiger charge is 2.31. The van der Waals surface area contributed by atoms with Crippen molar-refractivity contribution < 1.29 is 4.79 Å². The number of nitrogens with zero attached hydrogens (tertiary/aromatic N) is 5. The minimum atomic E-state index is 0.0553. The molecular weight excluding hydrogens is 292 g/mol. The third kappa shape index (κ3) is 2.48. The van der Waals surface area contributed by atoms with Gasteiger partial charge in [0.25, 0.3) is 0 Å². The van der Waals surface area contributed by atoms with Gasteiger partial charge in [-0.15, -0.1) is 5.10 Å². The molecule has 0 saturated carbocycles. The van der Waals surface area contributed by atoms with Crippen molar-refractivity contribution >= 4 is 16.9 Å². The molecule has 118 valence electrons. The summed E-state index contributed by atoms with van der Waals surface area (Å²) in [6.07, 6.45) is 3.33. The number of hydrogen-bond donors (Lipinski definition) is 1. The molecule has 4 rings (SSSR count). The van der Waals surface area contributed by atoms with Gasteiger partial charge in [0, 0.05) is 13.1 Å². The third-order valence-corrected chi connectivity index (χ3v) is 4.20. The summed E-state index contributed by atoms with van der Waals surface area (Å²) in [6.45, 7) is 3.59. The average molecular weight is 310 g/mol. The molecule has 1 atom stereocenters. The molecule has 1 saturated heterocycles. The maximum absolute atomic E-state index is 12.0. The van der Waals surface area contributed by atoms with Crippen molar-refractivity contribution in [1.82, 2.24) is 29.9 Å². The molecule has 0 bridgehead atoms. The Morgan fingerprint density at radius 3 is 3.04 bits per heavy atom. The van der Waals surface area contributed by atoms with E-state index in [4.69, 9.17) is 0 Å². The van der Waals surface area contributed by atoms with Gasteiger partial charge in [0.15, 0.2) is 5.82 Å². The van der Waals surface area contributed by atoms with E-state index in [1.165, 1.54) is 0 Å². The van der Waals surface area contributed by atoms with E-state index in [1.54, 1.807) is 4.68 Å². The summed E-state index contributed by atoms with van der Waals surface area (Å²) in [7, 11) is 0. The van der Waals surface area contributed by atoms with Gasteiger partial charge in [0.2, 0.25) is 5.91 Å². The van der Waals surface area contributed by atoms with Crippen LogP contribution in [-0.2, 0) is 4.79 Å². The predicted octanol–water partition coefficient (Wildman–Crippen LogP) is 2.00. The van der Waals surface area contributed by atoms with Gasteiger partial charge in [-0.2, -0.15) is 0 Å². The molecule has 1 aliphatic heterocycles. The van der Waals surface area contributed by atoms with E-state index in [0.717, 1.165) is 24.0 Å². The van der Waals surface area contributed by atoms with Gasteiger partial charge in [-0.25, -0.2) is 9.67 Å². The zero-order valence-electron chi connectivity index (χ0n) is 12.9. The number of amides is 1. The Bertz CT molecular complexity index is 818. The first kappa shape index (κ1) is 13.9. The average Bonchev–Trinajstić information content (AvgIpc) is 3.25. The monoisotopic (exact) mass is 310 g/mol.